The SMILES string of the molecule is CC1CCC(Oc2nccc(CN)c2F)CC1. The van der Waals surface area contributed by atoms with Crippen molar-refractivity contribution < 1.29 is 9.13 Å². The molecule has 0 amide bonds. The first-order valence-electron chi connectivity index (χ1n) is 6.20. The van der Waals surface area contributed by atoms with Gasteiger partial charge in [-0.15, -0.1) is 0 Å². The van der Waals surface area contributed by atoms with Gasteiger partial charge in [0.25, 0.3) is 5.88 Å². The van der Waals surface area contributed by atoms with Crippen LogP contribution in [0.25, 0.3) is 0 Å². The minimum absolute atomic E-state index is 0.0984. The predicted molar refractivity (Wildman–Crippen MR) is 64.1 cm³/mol. The van der Waals surface area contributed by atoms with Gasteiger partial charge in [0.2, 0.25) is 0 Å². The fourth-order valence-electron chi connectivity index (χ4n) is 2.21. The number of aromatic nitrogens is 1. The number of halogens is 1. The van der Waals surface area contributed by atoms with Gasteiger partial charge in [-0.3, -0.25) is 0 Å². The summed E-state index contributed by atoms with van der Waals surface area (Å²) in [6.07, 6.45) is 5.89. The molecule has 0 aliphatic heterocycles. The van der Waals surface area contributed by atoms with E-state index in [1.165, 1.54) is 0 Å². The molecule has 3 nitrogen and oxygen atoms in total. The molecular weight excluding hydrogens is 219 g/mol. The molecule has 0 unspecified atom stereocenters. The molecule has 17 heavy (non-hydrogen) atoms. The molecule has 1 fully saturated rings. The maximum Gasteiger partial charge on any atom is 0.250 e. The molecule has 4 heteroatoms. The lowest BCUT2D eigenvalue weighted by Crippen LogP contribution is -2.24. The Labute approximate surface area is 101 Å². The van der Waals surface area contributed by atoms with Crippen LogP contribution >= 0.6 is 0 Å². The lowest BCUT2D eigenvalue weighted by molar-refractivity contribution is 0.124. The number of pyridine rings is 1. The molecule has 2 rings (SSSR count). The quantitative estimate of drug-likeness (QED) is 0.880. The zero-order valence-electron chi connectivity index (χ0n) is 10.2. The van der Waals surface area contributed by atoms with Crippen LogP contribution in [0.5, 0.6) is 5.88 Å². The standard InChI is InChI=1S/C13H19FN2O/c1-9-2-4-11(5-3-9)17-13-12(14)10(8-15)6-7-16-13/h6-7,9,11H,2-5,8,15H2,1H3. The number of nitrogens with zero attached hydrogens (tertiary/aromatic N) is 1. The molecule has 1 aliphatic carbocycles. The van der Waals surface area contributed by atoms with Gasteiger partial charge in [0.1, 0.15) is 6.10 Å². The van der Waals surface area contributed by atoms with Crippen molar-refractivity contribution in [3.63, 3.8) is 0 Å². The van der Waals surface area contributed by atoms with E-state index < -0.39 is 5.82 Å². The second kappa shape index (κ2) is 5.45. The van der Waals surface area contributed by atoms with E-state index >= 15 is 0 Å². The summed E-state index contributed by atoms with van der Waals surface area (Å²) in [5.41, 5.74) is 5.91. The minimum atomic E-state index is -0.409. The van der Waals surface area contributed by atoms with Gasteiger partial charge in [0.05, 0.1) is 0 Å². The Morgan fingerprint density at radius 3 is 2.76 bits per heavy atom. The van der Waals surface area contributed by atoms with E-state index in [0.717, 1.165) is 31.6 Å². The van der Waals surface area contributed by atoms with Gasteiger partial charge >= 0.3 is 0 Å². The summed E-state index contributed by atoms with van der Waals surface area (Å²) in [6.45, 7) is 2.41. The van der Waals surface area contributed by atoms with Crippen molar-refractivity contribution in [3.05, 3.63) is 23.6 Å². The monoisotopic (exact) mass is 238 g/mol. The van der Waals surface area contributed by atoms with E-state index in [-0.39, 0.29) is 18.5 Å². The van der Waals surface area contributed by atoms with E-state index in [9.17, 15) is 4.39 Å². The first-order valence-corrected chi connectivity index (χ1v) is 6.20. The highest BCUT2D eigenvalue weighted by atomic mass is 19.1. The van der Waals surface area contributed by atoms with Gasteiger partial charge in [-0.1, -0.05) is 6.92 Å². The topological polar surface area (TPSA) is 48.1 Å². The van der Waals surface area contributed by atoms with Crippen LogP contribution in [0.2, 0.25) is 0 Å². The Morgan fingerprint density at radius 2 is 2.12 bits per heavy atom. The van der Waals surface area contributed by atoms with Crippen molar-refractivity contribution in [3.8, 4) is 5.88 Å². The normalized spacial score (nSPS) is 24.6. The number of rotatable bonds is 3. The Morgan fingerprint density at radius 1 is 1.41 bits per heavy atom. The van der Waals surface area contributed by atoms with Crippen LogP contribution in [-0.2, 0) is 6.54 Å². The summed E-state index contributed by atoms with van der Waals surface area (Å²) in [4.78, 5) is 3.95. The van der Waals surface area contributed by atoms with E-state index in [2.05, 4.69) is 11.9 Å². The van der Waals surface area contributed by atoms with Crippen molar-refractivity contribution >= 4 is 0 Å². The maximum absolute atomic E-state index is 13.8. The van der Waals surface area contributed by atoms with E-state index in [1.807, 2.05) is 0 Å². The second-order valence-electron chi connectivity index (χ2n) is 4.79. The van der Waals surface area contributed by atoms with E-state index in [4.69, 9.17) is 10.5 Å². The van der Waals surface area contributed by atoms with Crippen molar-refractivity contribution in [1.29, 1.82) is 0 Å². The van der Waals surface area contributed by atoms with E-state index in [1.54, 1.807) is 12.3 Å². The molecule has 1 saturated carbocycles. The molecule has 0 aromatic carbocycles. The third-order valence-electron chi connectivity index (χ3n) is 3.40. The first kappa shape index (κ1) is 12.3. The molecular formula is C13H19FN2O. The summed E-state index contributed by atoms with van der Waals surface area (Å²) < 4.78 is 19.5. The molecule has 1 aromatic rings. The third-order valence-corrected chi connectivity index (χ3v) is 3.40. The van der Waals surface area contributed by atoms with Gasteiger partial charge in [-0.25, -0.2) is 9.37 Å². The average molecular weight is 238 g/mol. The predicted octanol–water partition coefficient (Wildman–Crippen LogP) is 2.64. The van der Waals surface area contributed by atoms with Crippen LogP contribution in [-0.4, -0.2) is 11.1 Å². The van der Waals surface area contributed by atoms with Crippen LogP contribution in [0.15, 0.2) is 12.3 Å². The fraction of sp³-hybridized carbons (Fsp3) is 0.615. The van der Waals surface area contributed by atoms with Crippen molar-refractivity contribution in [2.75, 3.05) is 0 Å². The number of ether oxygens (including phenoxy) is 1. The summed E-state index contributed by atoms with van der Waals surface area (Å²) in [7, 11) is 0. The van der Waals surface area contributed by atoms with Crippen LogP contribution in [0.3, 0.4) is 0 Å². The zero-order chi connectivity index (χ0) is 12.3. The van der Waals surface area contributed by atoms with Crippen molar-refractivity contribution in [1.82, 2.24) is 4.98 Å². The molecule has 0 saturated heterocycles. The Kier molecular flexibility index (Phi) is 3.94. The molecule has 0 spiro atoms. The highest BCUT2D eigenvalue weighted by Crippen LogP contribution is 2.27. The highest BCUT2D eigenvalue weighted by Gasteiger charge is 2.21. The van der Waals surface area contributed by atoms with Crippen LogP contribution < -0.4 is 10.5 Å². The summed E-state index contributed by atoms with van der Waals surface area (Å²) in [5.74, 6) is 0.448. The lowest BCUT2D eigenvalue weighted by atomic mass is 9.89. The van der Waals surface area contributed by atoms with Gasteiger partial charge in [-0.05, 0) is 37.7 Å². The van der Waals surface area contributed by atoms with Gasteiger partial charge in [0.15, 0.2) is 5.82 Å². The number of hydrogen-bond acceptors (Lipinski definition) is 3. The summed E-state index contributed by atoms with van der Waals surface area (Å²) in [6, 6.07) is 1.59. The molecule has 94 valence electrons. The Balaban J connectivity index is 2.03. The molecule has 0 bridgehead atoms. The largest absolute Gasteiger partial charge is 0.472 e. The van der Waals surface area contributed by atoms with Gasteiger partial charge in [0, 0.05) is 18.3 Å². The van der Waals surface area contributed by atoms with Gasteiger partial charge < -0.3 is 10.5 Å². The number of hydrogen-bond donors (Lipinski definition) is 1. The summed E-state index contributed by atoms with van der Waals surface area (Å²) >= 11 is 0. The van der Waals surface area contributed by atoms with Crippen LogP contribution in [0, 0.1) is 11.7 Å². The van der Waals surface area contributed by atoms with Crippen LogP contribution in [0.4, 0.5) is 4.39 Å². The second-order valence-corrected chi connectivity index (χ2v) is 4.79. The molecule has 1 aromatic heterocycles. The van der Waals surface area contributed by atoms with Gasteiger partial charge in [-0.2, -0.15) is 0 Å². The molecule has 2 N–H and O–H groups in total. The highest BCUT2D eigenvalue weighted by molar-refractivity contribution is 5.23. The van der Waals surface area contributed by atoms with E-state index in [0.29, 0.717) is 5.56 Å². The number of nitrogens with two attached hydrogens (primary N) is 1. The fourth-order valence-corrected chi connectivity index (χ4v) is 2.21. The lowest BCUT2D eigenvalue weighted by Gasteiger charge is -2.26. The Hall–Kier alpha value is -1.16. The van der Waals surface area contributed by atoms with Crippen molar-refractivity contribution in [2.24, 2.45) is 11.7 Å². The first-order chi connectivity index (χ1) is 8.20. The molecule has 1 aliphatic rings. The molecule has 1 heterocycles. The average Bonchev–Trinajstić information content (AvgIpc) is 2.35. The molecule has 0 atom stereocenters. The zero-order valence-corrected chi connectivity index (χ0v) is 10.2. The molecule has 0 radical (unpaired) electrons. The maximum atomic E-state index is 13.8. The van der Waals surface area contributed by atoms with Crippen LogP contribution in [0.1, 0.15) is 38.2 Å². The smallest absolute Gasteiger partial charge is 0.250 e. The summed E-state index contributed by atoms with van der Waals surface area (Å²) in [5, 5.41) is 0. The van der Waals surface area contributed by atoms with Crippen molar-refractivity contribution in [2.45, 2.75) is 45.3 Å². The minimum Gasteiger partial charge on any atom is -0.472 e. The third kappa shape index (κ3) is 2.94. The Bertz CT molecular complexity index is 376.